The summed E-state index contributed by atoms with van der Waals surface area (Å²) in [6.07, 6.45) is 4.07. The second-order valence-electron chi connectivity index (χ2n) is 7.21. The average Bonchev–Trinajstić information content (AvgIpc) is 2.83. The monoisotopic (exact) mass is 353 g/mol. The molecule has 4 heteroatoms. The Morgan fingerprint density at radius 2 is 1.65 bits per heavy atom. The Kier molecular flexibility index (Phi) is 6.29. The maximum absolute atomic E-state index is 12.5. The number of rotatable bonds is 5. The predicted octanol–water partition coefficient (Wildman–Crippen LogP) is 4.22. The minimum Gasteiger partial charge on any atom is -0.445 e. The van der Waals surface area contributed by atoms with E-state index in [2.05, 4.69) is 17.4 Å². The van der Waals surface area contributed by atoms with Crippen LogP contribution in [0.2, 0.25) is 0 Å². The number of carbonyl (C=O) groups excluding carboxylic acids is 1. The highest BCUT2D eigenvalue weighted by molar-refractivity contribution is 5.68. The minimum absolute atomic E-state index is 0.261. The van der Waals surface area contributed by atoms with E-state index in [0.29, 0.717) is 6.42 Å². The summed E-state index contributed by atoms with van der Waals surface area (Å²) in [5, 5.41) is 13.2. The molecule has 0 heterocycles. The molecule has 1 amide bonds. The molecule has 26 heavy (non-hydrogen) atoms. The van der Waals surface area contributed by atoms with Crippen molar-refractivity contribution >= 4 is 6.09 Å². The molecule has 0 spiro atoms. The van der Waals surface area contributed by atoms with Crippen LogP contribution in [0.25, 0.3) is 0 Å². The number of hydrogen-bond donors (Lipinski definition) is 2. The van der Waals surface area contributed by atoms with E-state index in [1.165, 1.54) is 5.56 Å². The maximum Gasteiger partial charge on any atom is 0.407 e. The molecule has 1 fully saturated rings. The SMILES string of the molecule is O=C(N[C@]1(Cc2ccccc2)CCC[C@@H](O)CC1)OCc1ccccc1. The van der Waals surface area contributed by atoms with Crippen molar-refractivity contribution in [2.24, 2.45) is 0 Å². The van der Waals surface area contributed by atoms with Gasteiger partial charge in [0.1, 0.15) is 6.61 Å². The lowest BCUT2D eigenvalue weighted by Gasteiger charge is -2.34. The Morgan fingerprint density at radius 3 is 2.35 bits per heavy atom. The third-order valence-electron chi connectivity index (χ3n) is 5.11. The van der Waals surface area contributed by atoms with Crippen LogP contribution < -0.4 is 5.32 Å². The summed E-state index contributed by atoms with van der Waals surface area (Å²) in [7, 11) is 0. The number of aliphatic hydroxyl groups excluding tert-OH is 1. The van der Waals surface area contributed by atoms with Crippen LogP contribution in [-0.4, -0.2) is 22.8 Å². The highest BCUT2D eigenvalue weighted by atomic mass is 16.5. The van der Waals surface area contributed by atoms with Crippen molar-refractivity contribution < 1.29 is 14.6 Å². The summed E-state index contributed by atoms with van der Waals surface area (Å²) in [6, 6.07) is 19.9. The zero-order valence-corrected chi connectivity index (χ0v) is 15.1. The van der Waals surface area contributed by atoms with Crippen LogP contribution in [0.5, 0.6) is 0 Å². The van der Waals surface area contributed by atoms with Crippen molar-refractivity contribution in [1.29, 1.82) is 0 Å². The second kappa shape index (κ2) is 8.86. The van der Waals surface area contributed by atoms with Crippen LogP contribution in [0.1, 0.15) is 43.2 Å². The Bertz CT molecular complexity index is 689. The van der Waals surface area contributed by atoms with Crippen LogP contribution in [0.15, 0.2) is 60.7 Å². The quantitative estimate of drug-likeness (QED) is 0.791. The van der Waals surface area contributed by atoms with E-state index in [1.807, 2.05) is 48.5 Å². The van der Waals surface area contributed by atoms with Gasteiger partial charge in [-0.3, -0.25) is 0 Å². The molecule has 1 aliphatic rings. The van der Waals surface area contributed by atoms with Gasteiger partial charge >= 0.3 is 6.09 Å². The number of benzene rings is 2. The summed E-state index contributed by atoms with van der Waals surface area (Å²) in [6.45, 7) is 0.261. The first-order valence-corrected chi connectivity index (χ1v) is 9.36. The van der Waals surface area contributed by atoms with Crippen molar-refractivity contribution in [2.45, 2.75) is 56.8 Å². The van der Waals surface area contributed by atoms with Gasteiger partial charge in [-0.2, -0.15) is 0 Å². The molecule has 0 aliphatic heterocycles. The third-order valence-corrected chi connectivity index (χ3v) is 5.11. The first-order chi connectivity index (χ1) is 12.7. The van der Waals surface area contributed by atoms with E-state index in [-0.39, 0.29) is 24.3 Å². The molecule has 2 aromatic rings. The number of aliphatic hydroxyl groups is 1. The van der Waals surface area contributed by atoms with E-state index in [9.17, 15) is 9.90 Å². The van der Waals surface area contributed by atoms with Crippen LogP contribution in [0.4, 0.5) is 4.79 Å². The van der Waals surface area contributed by atoms with Crippen molar-refractivity contribution in [2.75, 3.05) is 0 Å². The molecule has 2 atom stereocenters. The van der Waals surface area contributed by atoms with E-state index in [4.69, 9.17) is 4.74 Å². The number of carbonyl (C=O) groups is 1. The Balaban J connectivity index is 1.67. The Hall–Kier alpha value is -2.33. The zero-order chi connectivity index (χ0) is 18.2. The summed E-state index contributed by atoms with van der Waals surface area (Å²) in [5.74, 6) is 0. The lowest BCUT2D eigenvalue weighted by atomic mass is 9.84. The van der Waals surface area contributed by atoms with Gasteiger partial charge in [-0.1, -0.05) is 60.7 Å². The number of ether oxygens (including phenoxy) is 1. The van der Waals surface area contributed by atoms with Crippen LogP contribution in [0.3, 0.4) is 0 Å². The van der Waals surface area contributed by atoms with Crippen molar-refractivity contribution in [3.63, 3.8) is 0 Å². The lowest BCUT2D eigenvalue weighted by Crippen LogP contribution is -2.50. The molecule has 3 rings (SSSR count). The minimum atomic E-state index is -0.388. The van der Waals surface area contributed by atoms with Gasteiger partial charge in [0, 0.05) is 5.54 Å². The summed E-state index contributed by atoms with van der Waals surface area (Å²) >= 11 is 0. The molecule has 1 saturated carbocycles. The topological polar surface area (TPSA) is 58.6 Å². The normalized spacial score (nSPS) is 23.0. The number of amides is 1. The van der Waals surface area contributed by atoms with E-state index in [0.717, 1.165) is 37.7 Å². The summed E-state index contributed by atoms with van der Waals surface area (Å²) < 4.78 is 5.45. The molecule has 0 radical (unpaired) electrons. The smallest absolute Gasteiger partial charge is 0.407 e. The lowest BCUT2D eigenvalue weighted by molar-refractivity contribution is 0.119. The van der Waals surface area contributed by atoms with Crippen LogP contribution >= 0.6 is 0 Å². The van der Waals surface area contributed by atoms with Gasteiger partial charge in [0.25, 0.3) is 0 Å². The fourth-order valence-corrected chi connectivity index (χ4v) is 3.70. The zero-order valence-electron chi connectivity index (χ0n) is 15.1. The molecule has 1 aliphatic carbocycles. The Morgan fingerprint density at radius 1 is 1.00 bits per heavy atom. The van der Waals surface area contributed by atoms with Gasteiger partial charge in [0.05, 0.1) is 6.10 Å². The van der Waals surface area contributed by atoms with Gasteiger partial charge in [-0.25, -0.2) is 4.79 Å². The number of hydrogen-bond acceptors (Lipinski definition) is 3. The standard InChI is InChI=1S/C22H27NO3/c24-20-12-7-14-22(15-13-20,16-18-8-3-1-4-9-18)23-21(25)26-17-19-10-5-2-6-11-19/h1-6,8-11,20,24H,7,12-17H2,(H,23,25)/t20-,22-/m1/s1. The number of nitrogens with one attached hydrogen (secondary N) is 1. The maximum atomic E-state index is 12.5. The second-order valence-corrected chi connectivity index (χ2v) is 7.21. The molecular formula is C22H27NO3. The van der Waals surface area contributed by atoms with E-state index < -0.39 is 0 Å². The van der Waals surface area contributed by atoms with Gasteiger partial charge in [0.15, 0.2) is 0 Å². The molecule has 138 valence electrons. The third kappa shape index (κ3) is 5.33. The molecule has 2 aromatic carbocycles. The van der Waals surface area contributed by atoms with Gasteiger partial charge < -0.3 is 15.2 Å². The van der Waals surface area contributed by atoms with Crippen LogP contribution in [-0.2, 0) is 17.8 Å². The van der Waals surface area contributed by atoms with Crippen molar-refractivity contribution in [3.8, 4) is 0 Å². The molecule has 4 nitrogen and oxygen atoms in total. The molecule has 0 saturated heterocycles. The van der Waals surface area contributed by atoms with Crippen molar-refractivity contribution in [3.05, 3.63) is 71.8 Å². The van der Waals surface area contributed by atoms with Crippen molar-refractivity contribution in [1.82, 2.24) is 5.32 Å². The Labute approximate surface area is 155 Å². The van der Waals surface area contributed by atoms with Gasteiger partial charge in [-0.15, -0.1) is 0 Å². The van der Waals surface area contributed by atoms with Gasteiger partial charge in [-0.05, 0) is 49.7 Å². The fourth-order valence-electron chi connectivity index (χ4n) is 3.70. The number of alkyl carbamates (subject to hydrolysis) is 1. The summed E-state index contributed by atoms with van der Waals surface area (Å²) in [4.78, 5) is 12.5. The molecule has 0 bridgehead atoms. The fraction of sp³-hybridized carbons (Fsp3) is 0.409. The van der Waals surface area contributed by atoms with Gasteiger partial charge in [0.2, 0.25) is 0 Å². The average molecular weight is 353 g/mol. The highest BCUT2D eigenvalue weighted by Gasteiger charge is 2.35. The van der Waals surface area contributed by atoms with Crippen LogP contribution in [0, 0.1) is 0 Å². The summed E-state index contributed by atoms with van der Waals surface area (Å²) in [5.41, 5.74) is 1.79. The van der Waals surface area contributed by atoms with E-state index >= 15 is 0 Å². The molecule has 0 aromatic heterocycles. The first kappa shape index (κ1) is 18.5. The molecular weight excluding hydrogens is 326 g/mol. The largest absolute Gasteiger partial charge is 0.445 e. The first-order valence-electron chi connectivity index (χ1n) is 9.36. The molecule has 2 N–H and O–H groups in total. The predicted molar refractivity (Wildman–Crippen MR) is 102 cm³/mol. The molecule has 0 unspecified atom stereocenters. The van der Waals surface area contributed by atoms with E-state index in [1.54, 1.807) is 0 Å². The highest BCUT2D eigenvalue weighted by Crippen LogP contribution is 2.31.